The number of aliphatic hydroxyl groups is 1. The summed E-state index contributed by atoms with van der Waals surface area (Å²) in [5.41, 5.74) is 0.103. The molecule has 0 aliphatic carbocycles. The predicted molar refractivity (Wildman–Crippen MR) is 92.7 cm³/mol. The molecule has 1 aromatic heterocycles. The maximum atomic E-state index is 13.5. The summed E-state index contributed by atoms with van der Waals surface area (Å²) in [6.07, 6.45) is 2.09. The van der Waals surface area contributed by atoms with Gasteiger partial charge >= 0.3 is 6.03 Å². The van der Waals surface area contributed by atoms with Gasteiger partial charge in [-0.1, -0.05) is 24.3 Å². The van der Waals surface area contributed by atoms with Crippen LogP contribution < -0.4 is 16.2 Å². The van der Waals surface area contributed by atoms with E-state index in [9.17, 15) is 19.1 Å². The highest BCUT2D eigenvalue weighted by Crippen LogP contribution is 2.15. The molecule has 0 aliphatic rings. The Morgan fingerprint density at radius 1 is 1.12 bits per heavy atom. The number of hydrogen-bond donors (Lipinski definition) is 3. The van der Waals surface area contributed by atoms with Gasteiger partial charge in [-0.25, -0.2) is 9.18 Å². The molecule has 1 aromatic carbocycles. The van der Waals surface area contributed by atoms with Gasteiger partial charge < -0.3 is 20.3 Å². The molecule has 0 aliphatic heterocycles. The molecular formula is C18H22FN3O3. The number of nitrogens with one attached hydrogen (secondary N) is 2. The van der Waals surface area contributed by atoms with Crippen molar-refractivity contribution >= 4 is 6.03 Å². The number of carbonyl (C=O) groups is 1. The molecule has 2 aromatic rings. The summed E-state index contributed by atoms with van der Waals surface area (Å²) >= 11 is 0. The van der Waals surface area contributed by atoms with Gasteiger partial charge in [-0.15, -0.1) is 0 Å². The summed E-state index contributed by atoms with van der Waals surface area (Å²) < 4.78 is 15.1. The zero-order valence-corrected chi connectivity index (χ0v) is 13.8. The van der Waals surface area contributed by atoms with Crippen LogP contribution >= 0.6 is 0 Å². The molecule has 2 rings (SSSR count). The summed E-state index contributed by atoms with van der Waals surface area (Å²) in [5, 5.41) is 15.1. The highest BCUT2D eigenvalue weighted by molar-refractivity contribution is 5.73. The van der Waals surface area contributed by atoms with Crippen LogP contribution in [0, 0.1) is 5.82 Å². The van der Waals surface area contributed by atoms with Gasteiger partial charge in [0.25, 0.3) is 0 Å². The van der Waals surface area contributed by atoms with Crippen LogP contribution in [0.25, 0.3) is 0 Å². The fourth-order valence-corrected chi connectivity index (χ4v) is 2.36. The molecule has 3 N–H and O–H groups in total. The van der Waals surface area contributed by atoms with Crippen molar-refractivity contribution in [1.82, 2.24) is 15.2 Å². The van der Waals surface area contributed by atoms with E-state index in [1.165, 1.54) is 24.3 Å². The zero-order chi connectivity index (χ0) is 18.1. The Labute approximate surface area is 145 Å². The van der Waals surface area contributed by atoms with Crippen LogP contribution in [0.2, 0.25) is 0 Å². The number of aliphatic hydroxyl groups excluding tert-OH is 1. The van der Waals surface area contributed by atoms with Crippen LogP contribution in [0.4, 0.5) is 9.18 Å². The number of amides is 2. The van der Waals surface area contributed by atoms with Gasteiger partial charge in [-0.2, -0.15) is 0 Å². The Kier molecular flexibility index (Phi) is 7.16. The lowest BCUT2D eigenvalue weighted by molar-refractivity contribution is 0.169. The molecule has 0 radical (unpaired) electrons. The second kappa shape index (κ2) is 9.58. The minimum Gasteiger partial charge on any atom is -0.386 e. The third kappa shape index (κ3) is 6.04. The maximum absolute atomic E-state index is 13.5. The number of halogens is 1. The van der Waals surface area contributed by atoms with Crippen molar-refractivity contribution in [3.05, 3.63) is 70.4 Å². The first-order chi connectivity index (χ1) is 12.1. The first kappa shape index (κ1) is 18.7. The lowest BCUT2D eigenvalue weighted by Crippen LogP contribution is -2.38. The lowest BCUT2D eigenvalue weighted by Gasteiger charge is -2.13. The number of hydrogen-bond acceptors (Lipinski definition) is 3. The second-order valence-corrected chi connectivity index (χ2v) is 5.61. The van der Waals surface area contributed by atoms with Crippen LogP contribution in [0.5, 0.6) is 0 Å². The topological polar surface area (TPSA) is 83.4 Å². The molecule has 1 atom stereocenters. The van der Waals surface area contributed by atoms with Crippen LogP contribution in [0.3, 0.4) is 0 Å². The number of nitrogens with zero attached hydrogens (tertiary/aromatic N) is 1. The van der Waals surface area contributed by atoms with E-state index in [1.54, 1.807) is 29.0 Å². The summed E-state index contributed by atoms with van der Waals surface area (Å²) in [6.45, 7) is 0.963. The molecule has 134 valence electrons. The number of urea groups is 1. The number of rotatable bonds is 8. The number of benzene rings is 1. The van der Waals surface area contributed by atoms with Gasteiger partial charge in [0.05, 0.1) is 6.10 Å². The molecule has 0 saturated heterocycles. The van der Waals surface area contributed by atoms with Crippen molar-refractivity contribution in [1.29, 1.82) is 0 Å². The van der Waals surface area contributed by atoms with Crippen LogP contribution in [-0.2, 0) is 6.54 Å². The van der Waals surface area contributed by atoms with E-state index in [-0.39, 0.29) is 17.7 Å². The Hall–Kier alpha value is -2.67. The predicted octanol–water partition coefficient (Wildman–Crippen LogP) is 1.80. The van der Waals surface area contributed by atoms with Crippen LogP contribution in [-0.4, -0.2) is 28.8 Å². The average molecular weight is 347 g/mol. The zero-order valence-electron chi connectivity index (χ0n) is 13.8. The Morgan fingerprint density at radius 2 is 1.88 bits per heavy atom. The van der Waals surface area contributed by atoms with Crippen molar-refractivity contribution in [3.63, 3.8) is 0 Å². The third-order valence-corrected chi connectivity index (χ3v) is 3.73. The van der Waals surface area contributed by atoms with Crippen LogP contribution in [0.1, 0.15) is 24.5 Å². The minimum absolute atomic E-state index is 0.0460. The third-order valence-electron chi connectivity index (χ3n) is 3.73. The first-order valence-corrected chi connectivity index (χ1v) is 8.17. The van der Waals surface area contributed by atoms with E-state index in [0.29, 0.717) is 19.5 Å². The van der Waals surface area contributed by atoms with Crippen molar-refractivity contribution in [2.45, 2.75) is 25.5 Å². The molecular weight excluding hydrogens is 325 g/mol. The van der Waals surface area contributed by atoms with E-state index in [0.717, 1.165) is 6.42 Å². The molecule has 0 fully saturated rings. The SMILES string of the molecule is O=C(NCCCCn1ccccc1=O)NCC(O)c1ccccc1F. The normalized spacial score (nSPS) is 11.8. The van der Waals surface area contributed by atoms with E-state index < -0.39 is 18.0 Å². The standard InChI is InChI=1S/C18H22FN3O3/c19-15-8-2-1-7-14(15)16(23)13-21-18(25)20-10-4-6-12-22-11-5-3-9-17(22)24/h1-3,5,7-9,11,16,23H,4,6,10,12-13H2,(H2,20,21,25). The molecule has 0 saturated carbocycles. The summed E-state index contributed by atoms with van der Waals surface area (Å²) in [7, 11) is 0. The van der Waals surface area contributed by atoms with E-state index in [4.69, 9.17) is 0 Å². The quantitative estimate of drug-likeness (QED) is 0.637. The fourth-order valence-electron chi connectivity index (χ4n) is 2.36. The maximum Gasteiger partial charge on any atom is 0.314 e. The van der Waals surface area contributed by atoms with Crippen molar-refractivity contribution in [2.75, 3.05) is 13.1 Å². The average Bonchev–Trinajstić information content (AvgIpc) is 2.61. The Balaban J connectivity index is 1.62. The highest BCUT2D eigenvalue weighted by Gasteiger charge is 2.12. The minimum atomic E-state index is -1.10. The van der Waals surface area contributed by atoms with Crippen molar-refractivity contribution < 1.29 is 14.3 Å². The molecule has 0 spiro atoms. The monoisotopic (exact) mass is 347 g/mol. The second-order valence-electron chi connectivity index (χ2n) is 5.61. The van der Waals surface area contributed by atoms with Gasteiger partial charge in [0.1, 0.15) is 5.82 Å². The van der Waals surface area contributed by atoms with Gasteiger partial charge in [0, 0.05) is 37.5 Å². The number of aryl methyl sites for hydroxylation is 1. The first-order valence-electron chi connectivity index (χ1n) is 8.17. The number of pyridine rings is 1. The summed E-state index contributed by atoms with van der Waals surface area (Å²) in [6, 6.07) is 10.5. The summed E-state index contributed by atoms with van der Waals surface area (Å²) in [4.78, 5) is 23.2. The van der Waals surface area contributed by atoms with Crippen molar-refractivity contribution in [2.24, 2.45) is 0 Å². The Bertz CT molecular complexity index is 748. The van der Waals surface area contributed by atoms with E-state index >= 15 is 0 Å². The van der Waals surface area contributed by atoms with Gasteiger partial charge in [-0.3, -0.25) is 4.79 Å². The molecule has 1 unspecified atom stereocenters. The number of unbranched alkanes of at least 4 members (excludes halogenated alkanes) is 1. The molecule has 25 heavy (non-hydrogen) atoms. The number of aromatic nitrogens is 1. The molecule has 7 heteroatoms. The molecule has 1 heterocycles. The largest absolute Gasteiger partial charge is 0.386 e. The smallest absolute Gasteiger partial charge is 0.314 e. The van der Waals surface area contributed by atoms with Crippen LogP contribution in [0.15, 0.2) is 53.5 Å². The molecule has 2 amide bonds. The Morgan fingerprint density at radius 3 is 2.64 bits per heavy atom. The fraction of sp³-hybridized carbons (Fsp3) is 0.333. The van der Waals surface area contributed by atoms with E-state index in [1.807, 2.05) is 0 Å². The lowest BCUT2D eigenvalue weighted by atomic mass is 10.1. The molecule has 6 nitrogen and oxygen atoms in total. The highest BCUT2D eigenvalue weighted by atomic mass is 19.1. The molecule has 0 bridgehead atoms. The number of carbonyl (C=O) groups excluding carboxylic acids is 1. The van der Waals surface area contributed by atoms with Gasteiger partial charge in [-0.05, 0) is 25.0 Å². The van der Waals surface area contributed by atoms with Gasteiger partial charge in [0.2, 0.25) is 5.56 Å². The van der Waals surface area contributed by atoms with E-state index in [2.05, 4.69) is 10.6 Å². The van der Waals surface area contributed by atoms with Crippen molar-refractivity contribution in [3.8, 4) is 0 Å². The summed E-state index contributed by atoms with van der Waals surface area (Å²) in [5.74, 6) is -0.506. The van der Waals surface area contributed by atoms with Gasteiger partial charge in [0.15, 0.2) is 0 Å².